The van der Waals surface area contributed by atoms with Gasteiger partial charge in [0.05, 0.1) is 6.54 Å². The molecule has 0 bridgehead atoms. The molecule has 2 N–H and O–H groups in total. The van der Waals surface area contributed by atoms with E-state index in [1.54, 1.807) is 7.05 Å². The van der Waals surface area contributed by atoms with Gasteiger partial charge in [0.2, 0.25) is 5.91 Å². The number of thioether (sulfide) groups is 1. The minimum Gasteiger partial charge on any atom is -0.358 e. The SMILES string of the molecule is CNC(=O)CN1CCC(NC2CSc3ccccc32)CC1. The Morgan fingerprint density at radius 2 is 2.10 bits per heavy atom. The highest BCUT2D eigenvalue weighted by molar-refractivity contribution is 7.99. The van der Waals surface area contributed by atoms with Gasteiger partial charge in [0.1, 0.15) is 0 Å². The fourth-order valence-corrected chi connectivity index (χ4v) is 4.30. The Morgan fingerprint density at radius 1 is 1.33 bits per heavy atom. The number of benzene rings is 1. The number of hydrogen-bond donors (Lipinski definition) is 2. The van der Waals surface area contributed by atoms with E-state index in [0.29, 0.717) is 18.6 Å². The van der Waals surface area contributed by atoms with E-state index in [4.69, 9.17) is 0 Å². The lowest BCUT2D eigenvalue weighted by Crippen LogP contribution is -2.46. The normalized spacial score (nSPS) is 23.0. The summed E-state index contributed by atoms with van der Waals surface area (Å²) in [4.78, 5) is 15.1. The van der Waals surface area contributed by atoms with E-state index in [1.165, 1.54) is 10.5 Å². The van der Waals surface area contributed by atoms with E-state index >= 15 is 0 Å². The fraction of sp³-hybridized carbons (Fsp3) is 0.562. The topological polar surface area (TPSA) is 44.4 Å². The average molecular weight is 305 g/mol. The highest BCUT2D eigenvalue weighted by Crippen LogP contribution is 2.38. The highest BCUT2D eigenvalue weighted by atomic mass is 32.2. The Kier molecular flexibility index (Phi) is 4.83. The minimum absolute atomic E-state index is 0.113. The summed E-state index contributed by atoms with van der Waals surface area (Å²) in [7, 11) is 1.70. The molecular formula is C16H23N3OS. The maximum atomic E-state index is 11.4. The van der Waals surface area contributed by atoms with E-state index in [0.717, 1.165) is 31.7 Å². The van der Waals surface area contributed by atoms with Crippen LogP contribution in [0.3, 0.4) is 0 Å². The molecule has 114 valence electrons. The van der Waals surface area contributed by atoms with Gasteiger partial charge in [-0.2, -0.15) is 0 Å². The molecule has 0 saturated carbocycles. The molecule has 0 spiro atoms. The fourth-order valence-electron chi connectivity index (χ4n) is 3.13. The number of hydrogen-bond acceptors (Lipinski definition) is 4. The summed E-state index contributed by atoms with van der Waals surface area (Å²) < 4.78 is 0. The lowest BCUT2D eigenvalue weighted by atomic mass is 10.0. The van der Waals surface area contributed by atoms with Crippen LogP contribution in [0.5, 0.6) is 0 Å². The van der Waals surface area contributed by atoms with Gasteiger partial charge < -0.3 is 10.6 Å². The third kappa shape index (κ3) is 3.59. The molecule has 1 aromatic carbocycles. The van der Waals surface area contributed by atoms with Crippen molar-refractivity contribution in [1.29, 1.82) is 0 Å². The number of piperidine rings is 1. The average Bonchev–Trinajstić information content (AvgIpc) is 2.92. The van der Waals surface area contributed by atoms with Gasteiger partial charge in [0, 0.05) is 42.9 Å². The summed E-state index contributed by atoms with van der Waals surface area (Å²) in [5.41, 5.74) is 1.45. The summed E-state index contributed by atoms with van der Waals surface area (Å²) >= 11 is 1.95. The summed E-state index contributed by atoms with van der Waals surface area (Å²) in [6.45, 7) is 2.55. The molecule has 0 aliphatic carbocycles. The Morgan fingerprint density at radius 3 is 2.86 bits per heavy atom. The van der Waals surface area contributed by atoms with Crippen LogP contribution in [0, 0.1) is 0 Å². The van der Waals surface area contributed by atoms with Gasteiger partial charge in [-0.1, -0.05) is 18.2 Å². The Bertz CT molecular complexity index is 500. The van der Waals surface area contributed by atoms with Gasteiger partial charge >= 0.3 is 0 Å². The first kappa shape index (κ1) is 14.9. The number of rotatable bonds is 4. The second kappa shape index (κ2) is 6.81. The third-order valence-electron chi connectivity index (χ3n) is 4.37. The summed E-state index contributed by atoms with van der Waals surface area (Å²) in [5, 5.41) is 6.51. The van der Waals surface area contributed by atoms with Gasteiger partial charge in [-0.3, -0.25) is 9.69 Å². The van der Waals surface area contributed by atoms with Crippen LogP contribution < -0.4 is 10.6 Å². The second-order valence-electron chi connectivity index (χ2n) is 5.79. The zero-order valence-electron chi connectivity index (χ0n) is 12.5. The van der Waals surface area contributed by atoms with Crippen molar-refractivity contribution >= 4 is 17.7 Å². The van der Waals surface area contributed by atoms with Gasteiger partial charge in [-0.25, -0.2) is 0 Å². The van der Waals surface area contributed by atoms with Crippen molar-refractivity contribution in [3.63, 3.8) is 0 Å². The van der Waals surface area contributed by atoms with Crippen molar-refractivity contribution < 1.29 is 4.79 Å². The van der Waals surface area contributed by atoms with Crippen molar-refractivity contribution in [2.24, 2.45) is 0 Å². The molecule has 1 amide bonds. The van der Waals surface area contributed by atoms with Crippen molar-refractivity contribution in [3.05, 3.63) is 29.8 Å². The first-order chi connectivity index (χ1) is 10.3. The maximum absolute atomic E-state index is 11.4. The van der Waals surface area contributed by atoms with Crippen LogP contribution in [0.25, 0.3) is 0 Å². The van der Waals surface area contributed by atoms with Crippen LogP contribution in [-0.2, 0) is 4.79 Å². The van der Waals surface area contributed by atoms with Crippen LogP contribution in [-0.4, -0.2) is 49.3 Å². The van der Waals surface area contributed by atoms with Gasteiger partial charge in [-0.05, 0) is 24.5 Å². The Hall–Kier alpha value is -1.04. The Labute approximate surface area is 130 Å². The van der Waals surface area contributed by atoms with E-state index in [1.807, 2.05) is 11.8 Å². The molecule has 2 heterocycles. The number of nitrogens with one attached hydrogen (secondary N) is 2. The van der Waals surface area contributed by atoms with E-state index in [9.17, 15) is 4.79 Å². The molecule has 1 fully saturated rings. The van der Waals surface area contributed by atoms with E-state index < -0.39 is 0 Å². The number of fused-ring (bicyclic) bond motifs is 1. The molecule has 1 unspecified atom stereocenters. The molecule has 1 saturated heterocycles. The number of likely N-dealkylation sites (N-methyl/N-ethyl adjacent to an activating group) is 1. The van der Waals surface area contributed by atoms with Crippen LogP contribution >= 0.6 is 11.8 Å². The molecule has 5 heteroatoms. The number of likely N-dealkylation sites (tertiary alicyclic amines) is 1. The van der Waals surface area contributed by atoms with Crippen LogP contribution in [0.4, 0.5) is 0 Å². The number of carbonyl (C=O) groups excluding carboxylic acids is 1. The van der Waals surface area contributed by atoms with Gasteiger partial charge in [-0.15, -0.1) is 11.8 Å². The predicted molar refractivity (Wildman–Crippen MR) is 86.6 cm³/mol. The zero-order chi connectivity index (χ0) is 14.7. The molecular weight excluding hydrogens is 282 g/mol. The first-order valence-electron chi connectivity index (χ1n) is 7.67. The third-order valence-corrected chi connectivity index (χ3v) is 5.55. The molecule has 0 aromatic heterocycles. The minimum atomic E-state index is 0.113. The molecule has 4 nitrogen and oxygen atoms in total. The lowest BCUT2D eigenvalue weighted by Gasteiger charge is -2.33. The Balaban J connectivity index is 1.49. The van der Waals surface area contributed by atoms with Gasteiger partial charge in [0.15, 0.2) is 0 Å². The predicted octanol–water partition coefficient (Wildman–Crippen LogP) is 1.63. The monoisotopic (exact) mass is 305 g/mol. The first-order valence-corrected chi connectivity index (χ1v) is 8.65. The molecule has 1 atom stereocenters. The van der Waals surface area contributed by atoms with Crippen molar-refractivity contribution in [2.45, 2.75) is 29.8 Å². The number of carbonyl (C=O) groups is 1. The second-order valence-corrected chi connectivity index (χ2v) is 6.85. The lowest BCUT2D eigenvalue weighted by molar-refractivity contribution is -0.122. The molecule has 2 aliphatic heterocycles. The summed E-state index contributed by atoms with van der Waals surface area (Å²) in [6.07, 6.45) is 2.25. The van der Waals surface area contributed by atoms with Crippen molar-refractivity contribution in [2.75, 3.05) is 32.4 Å². The maximum Gasteiger partial charge on any atom is 0.233 e. The largest absolute Gasteiger partial charge is 0.358 e. The molecule has 3 rings (SSSR count). The quantitative estimate of drug-likeness (QED) is 0.887. The van der Waals surface area contributed by atoms with E-state index in [2.05, 4.69) is 39.8 Å². The smallest absolute Gasteiger partial charge is 0.233 e. The summed E-state index contributed by atoms with van der Waals surface area (Å²) in [5.74, 6) is 1.25. The van der Waals surface area contributed by atoms with Crippen LogP contribution in [0.1, 0.15) is 24.4 Å². The number of nitrogens with zero attached hydrogens (tertiary/aromatic N) is 1. The zero-order valence-corrected chi connectivity index (χ0v) is 13.3. The number of amides is 1. The van der Waals surface area contributed by atoms with Gasteiger partial charge in [0.25, 0.3) is 0 Å². The van der Waals surface area contributed by atoms with E-state index in [-0.39, 0.29) is 5.91 Å². The molecule has 2 aliphatic rings. The van der Waals surface area contributed by atoms with Crippen molar-refractivity contribution in [3.8, 4) is 0 Å². The van der Waals surface area contributed by atoms with Crippen molar-refractivity contribution in [1.82, 2.24) is 15.5 Å². The standard InChI is InChI=1S/C16H23N3OS/c1-17-16(20)10-19-8-6-12(7-9-19)18-14-11-21-15-5-3-2-4-13(14)15/h2-5,12,14,18H,6-11H2,1H3,(H,17,20). The summed E-state index contributed by atoms with van der Waals surface area (Å²) in [6, 6.07) is 9.77. The molecule has 1 aromatic rings. The molecule has 0 radical (unpaired) electrons. The highest BCUT2D eigenvalue weighted by Gasteiger charge is 2.27. The van der Waals surface area contributed by atoms with Crippen LogP contribution in [0.15, 0.2) is 29.2 Å². The van der Waals surface area contributed by atoms with Crippen LogP contribution in [0.2, 0.25) is 0 Å². The molecule has 21 heavy (non-hydrogen) atoms.